The number of aromatic hydroxyl groups is 1. The van der Waals surface area contributed by atoms with Gasteiger partial charge in [-0.2, -0.15) is 5.10 Å². The molecule has 4 nitrogen and oxygen atoms in total. The monoisotopic (exact) mass is 254 g/mol. The Morgan fingerprint density at radius 3 is 2.74 bits per heavy atom. The first-order valence-electron chi connectivity index (χ1n) is 5.85. The van der Waals surface area contributed by atoms with E-state index in [0.29, 0.717) is 0 Å². The average molecular weight is 254 g/mol. The molecule has 0 spiro atoms. The summed E-state index contributed by atoms with van der Waals surface area (Å²) in [7, 11) is 0. The highest BCUT2D eigenvalue weighted by atomic mass is 16.3. The van der Waals surface area contributed by atoms with Gasteiger partial charge in [-0.1, -0.05) is 42.0 Å². The highest BCUT2D eigenvalue weighted by Crippen LogP contribution is 2.14. The smallest absolute Gasteiger partial charge is 0.275 e. The number of phenolic OH excluding ortho intramolecular Hbond substituents is 1. The van der Waals surface area contributed by atoms with Crippen LogP contribution in [-0.4, -0.2) is 17.2 Å². The number of hydrogen-bond donors (Lipinski definition) is 2. The van der Waals surface area contributed by atoms with Crippen LogP contribution in [-0.2, 0) is 0 Å². The Morgan fingerprint density at radius 2 is 2.00 bits per heavy atom. The van der Waals surface area contributed by atoms with Crippen LogP contribution in [0.3, 0.4) is 0 Å². The molecule has 0 saturated carbocycles. The number of amides is 1. The number of nitrogens with one attached hydrogen (secondary N) is 1. The molecule has 0 heterocycles. The minimum absolute atomic E-state index is 0.0641. The standard InChI is InChI=1S/C15H14N2O2/c1-11-5-4-6-12(9-11)10-16-17-15(19)13-7-2-3-8-14(13)18/h2-10,18H,1H3,(H,17,19). The summed E-state index contributed by atoms with van der Waals surface area (Å²) >= 11 is 0. The molecule has 1 amide bonds. The van der Waals surface area contributed by atoms with Crippen LogP contribution < -0.4 is 5.43 Å². The fraction of sp³-hybridized carbons (Fsp3) is 0.0667. The van der Waals surface area contributed by atoms with Gasteiger partial charge < -0.3 is 5.11 Å². The molecule has 4 heteroatoms. The number of rotatable bonds is 3. The summed E-state index contributed by atoms with van der Waals surface area (Å²) in [5.41, 5.74) is 4.60. The molecule has 0 aliphatic heterocycles. The van der Waals surface area contributed by atoms with E-state index in [1.807, 2.05) is 31.2 Å². The number of carbonyl (C=O) groups is 1. The average Bonchev–Trinajstić information content (AvgIpc) is 2.39. The van der Waals surface area contributed by atoms with Crippen molar-refractivity contribution in [1.82, 2.24) is 5.43 Å². The second-order valence-corrected chi connectivity index (χ2v) is 4.13. The third kappa shape index (κ3) is 3.42. The van der Waals surface area contributed by atoms with Crippen LogP contribution in [0.15, 0.2) is 53.6 Å². The van der Waals surface area contributed by atoms with Crippen molar-refractivity contribution in [3.63, 3.8) is 0 Å². The first-order valence-corrected chi connectivity index (χ1v) is 5.85. The van der Waals surface area contributed by atoms with Crippen LogP contribution in [0.2, 0.25) is 0 Å². The number of hydrazone groups is 1. The Kier molecular flexibility index (Phi) is 3.93. The van der Waals surface area contributed by atoms with Crippen molar-refractivity contribution in [2.75, 3.05) is 0 Å². The van der Waals surface area contributed by atoms with Gasteiger partial charge in [0, 0.05) is 0 Å². The molecular formula is C15H14N2O2. The maximum Gasteiger partial charge on any atom is 0.275 e. The largest absolute Gasteiger partial charge is 0.507 e. The molecule has 96 valence electrons. The first-order chi connectivity index (χ1) is 9.16. The lowest BCUT2D eigenvalue weighted by Crippen LogP contribution is -2.17. The minimum atomic E-state index is -0.443. The third-order valence-electron chi connectivity index (χ3n) is 2.57. The molecule has 0 bridgehead atoms. The highest BCUT2D eigenvalue weighted by molar-refractivity contribution is 5.97. The van der Waals surface area contributed by atoms with E-state index in [2.05, 4.69) is 10.5 Å². The number of phenols is 1. The summed E-state index contributed by atoms with van der Waals surface area (Å²) in [4.78, 5) is 11.7. The molecule has 0 fully saturated rings. The Morgan fingerprint density at radius 1 is 1.21 bits per heavy atom. The lowest BCUT2D eigenvalue weighted by atomic mass is 10.2. The van der Waals surface area contributed by atoms with Crippen LogP contribution in [0.25, 0.3) is 0 Å². The molecule has 2 N–H and O–H groups in total. The van der Waals surface area contributed by atoms with Gasteiger partial charge in [0.2, 0.25) is 0 Å². The van der Waals surface area contributed by atoms with Crippen LogP contribution in [0.4, 0.5) is 0 Å². The number of benzene rings is 2. The van der Waals surface area contributed by atoms with Gasteiger partial charge in [-0.25, -0.2) is 5.43 Å². The van der Waals surface area contributed by atoms with Crippen molar-refractivity contribution in [1.29, 1.82) is 0 Å². The first kappa shape index (κ1) is 12.8. The van der Waals surface area contributed by atoms with Crippen LogP contribution in [0.1, 0.15) is 21.5 Å². The summed E-state index contributed by atoms with van der Waals surface area (Å²) in [6, 6.07) is 14.1. The molecule has 19 heavy (non-hydrogen) atoms. The molecular weight excluding hydrogens is 240 g/mol. The van der Waals surface area contributed by atoms with Gasteiger partial charge in [-0.05, 0) is 24.6 Å². The molecule has 0 atom stereocenters. The number of para-hydroxylation sites is 1. The quantitative estimate of drug-likeness (QED) is 0.653. The van der Waals surface area contributed by atoms with Crippen molar-refractivity contribution in [2.45, 2.75) is 6.92 Å². The maximum absolute atomic E-state index is 11.7. The van der Waals surface area contributed by atoms with Gasteiger partial charge in [-0.3, -0.25) is 4.79 Å². The SMILES string of the molecule is Cc1cccc(C=NNC(=O)c2ccccc2O)c1. The van der Waals surface area contributed by atoms with Crippen molar-refractivity contribution in [3.05, 3.63) is 65.2 Å². The number of nitrogens with zero attached hydrogens (tertiary/aromatic N) is 1. The van der Waals surface area contributed by atoms with E-state index in [1.54, 1.807) is 18.3 Å². The van der Waals surface area contributed by atoms with Gasteiger partial charge >= 0.3 is 0 Å². The molecule has 0 aromatic heterocycles. The molecule has 2 aromatic carbocycles. The number of hydrogen-bond acceptors (Lipinski definition) is 3. The Bertz CT molecular complexity index is 621. The van der Waals surface area contributed by atoms with E-state index < -0.39 is 5.91 Å². The van der Waals surface area contributed by atoms with E-state index in [9.17, 15) is 9.90 Å². The minimum Gasteiger partial charge on any atom is -0.507 e. The normalized spacial score (nSPS) is 10.6. The molecule has 0 aliphatic carbocycles. The number of carbonyl (C=O) groups excluding carboxylic acids is 1. The predicted molar refractivity (Wildman–Crippen MR) is 74.3 cm³/mol. The van der Waals surface area contributed by atoms with E-state index in [-0.39, 0.29) is 11.3 Å². The zero-order valence-electron chi connectivity index (χ0n) is 10.5. The Hall–Kier alpha value is -2.62. The Labute approximate surface area is 111 Å². The van der Waals surface area contributed by atoms with Gasteiger partial charge in [0.15, 0.2) is 0 Å². The van der Waals surface area contributed by atoms with Gasteiger partial charge in [0.1, 0.15) is 5.75 Å². The molecule has 0 aliphatic rings. The summed E-state index contributed by atoms with van der Waals surface area (Å²) in [5.74, 6) is -0.507. The maximum atomic E-state index is 11.7. The summed E-state index contributed by atoms with van der Waals surface area (Å²) in [6.45, 7) is 1.98. The zero-order chi connectivity index (χ0) is 13.7. The molecule has 0 unspecified atom stereocenters. The fourth-order valence-corrected chi connectivity index (χ4v) is 1.64. The second-order valence-electron chi connectivity index (χ2n) is 4.13. The molecule has 2 rings (SSSR count). The number of aryl methyl sites for hydroxylation is 1. The van der Waals surface area contributed by atoms with Crippen LogP contribution in [0, 0.1) is 6.92 Å². The lowest BCUT2D eigenvalue weighted by molar-refractivity contribution is 0.0952. The van der Waals surface area contributed by atoms with Gasteiger partial charge in [0.05, 0.1) is 11.8 Å². The second kappa shape index (κ2) is 5.82. The molecule has 2 aromatic rings. The summed E-state index contributed by atoms with van der Waals surface area (Å²) in [6.07, 6.45) is 1.56. The predicted octanol–water partition coefficient (Wildman–Crippen LogP) is 2.46. The van der Waals surface area contributed by atoms with E-state index >= 15 is 0 Å². The topological polar surface area (TPSA) is 61.7 Å². The molecule has 0 saturated heterocycles. The summed E-state index contributed by atoms with van der Waals surface area (Å²) < 4.78 is 0. The highest BCUT2D eigenvalue weighted by Gasteiger charge is 2.08. The summed E-state index contributed by atoms with van der Waals surface area (Å²) in [5, 5.41) is 13.4. The van der Waals surface area contributed by atoms with Crippen molar-refractivity contribution < 1.29 is 9.90 Å². The Balaban J connectivity index is 2.03. The van der Waals surface area contributed by atoms with Crippen LogP contribution in [0.5, 0.6) is 5.75 Å². The zero-order valence-corrected chi connectivity index (χ0v) is 10.5. The van der Waals surface area contributed by atoms with E-state index in [0.717, 1.165) is 11.1 Å². The fourth-order valence-electron chi connectivity index (χ4n) is 1.64. The van der Waals surface area contributed by atoms with Crippen molar-refractivity contribution >= 4 is 12.1 Å². The van der Waals surface area contributed by atoms with Crippen molar-refractivity contribution in [2.24, 2.45) is 5.10 Å². The molecule has 0 radical (unpaired) electrons. The van der Waals surface area contributed by atoms with Gasteiger partial charge in [0.25, 0.3) is 5.91 Å². The van der Waals surface area contributed by atoms with E-state index in [4.69, 9.17) is 0 Å². The van der Waals surface area contributed by atoms with E-state index in [1.165, 1.54) is 12.1 Å². The van der Waals surface area contributed by atoms with Crippen LogP contribution >= 0.6 is 0 Å². The lowest BCUT2D eigenvalue weighted by Gasteiger charge is -2.02. The third-order valence-corrected chi connectivity index (χ3v) is 2.57. The van der Waals surface area contributed by atoms with Crippen molar-refractivity contribution in [3.8, 4) is 5.75 Å². The van der Waals surface area contributed by atoms with Gasteiger partial charge in [-0.15, -0.1) is 0 Å².